The zero-order chi connectivity index (χ0) is 13.9. The molecule has 3 aromatic rings. The summed E-state index contributed by atoms with van der Waals surface area (Å²) in [6.45, 7) is 2.70. The van der Waals surface area contributed by atoms with E-state index in [1.165, 1.54) is 5.56 Å². The Morgan fingerprint density at radius 1 is 1.35 bits per heavy atom. The summed E-state index contributed by atoms with van der Waals surface area (Å²) < 4.78 is 6.83. The Bertz CT molecular complexity index is 727. The number of aryl methyl sites for hydroxylation is 1. The molecule has 0 atom stereocenters. The fraction of sp³-hybridized carbons (Fsp3) is 0.125. The van der Waals surface area contributed by atoms with E-state index in [1.54, 1.807) is 29.5 Å². The maximum absolute atomic E-state index is 11.2. The van der Waals surface area contributed by atoms with Crippen molar-refractivity contribution in [1.29, 1.82) is 0 Å². The smallest absolute Gasteiger partial charge is 0.153 e. The second-order valence-corrected chi connectivity index (χ2v) is 4.75. The quantitative estimate of drug-likeness (QED) is 0.681. The normalized spacial score (nSPS) is 10.7. The molecule has 0 fully saturated rings. The van der Waals surface area contributed by atoms with Gasteiger partial charge in [0.25, 0.3) is 0 Å². The van der Waals surface area contributed by atoms with Gasteiger partial charge in [0.15, 0.2) is 6.29 Å². The van der Waals surface area contributed by atoms with E-state index in [9.17, 15) is 4.79 Å². The molecule has 0 radical (unpaired) electrons. The predicted molar refractivity (Wildman–Crippen MR) is 75.6 cm³/mol. The van der Waals surface area contributed by atoms with Gasteiger partial charge in [-0.2, -0.15) is 5.10 Å². The molecule has 0 aliphatic heterocycles. The molecule has 0 saturated carbocycles. The van der Waals surface area contributed by atoms with Crippen molar-refractivity contribution in [2.45, 2.75) is 13.5 Å². The number of benzene rings is 1. The van der Waals surface area contributed by atoms with Gasteiger partial charge >= 0.3 is 0 Å². The van der Waals surface area contributed by atoms with E-state index < -0.39 is 0 Å². The first-order valence-corrected chi connectivity index (χ1v) is 6.37. The summed E-state index contributed by atoms with van der Waals surface area (Å²) in [6.07, 6.45) is 5.75. The van der Waals surface area contributed by atoms with Crippen LogP contribution < -0.4 is 0 Å². The van der Waals surface area contributed by atoms with Crippen LogP contribution in [0.4, 0.5) is 0 Å². The number of hydrogen-bond donors (Lipinski definition) is 0. The van der Waals surface area contributed by atoms with Gasteiger partial charge in [0, 0.05) is 11.8 Å². The lowest BCUT2D eigenvalue weighted by Gasteiger charge is -2.02. The van der Waals surface area contributed by atoms with Gasteiger partial charge in [-0.3, -0.25) is 9.48 Å². The summed E-state index contributed by atoms with van der Waals surface area (Å²) in [5.74, 6) is 0. The highest BCUT2D eigenvalue weighted by Gasteiger charge is 2.11. The van der Waals surface area contributed by atoms with Crippen LogP contribution in [-0.4, -0.2) is 16.1 Å². The summed E-state index contributed by atoms with van der Waals surface area (Å²) in [5, 5.41) is 4.47. The summed E-state index contributed by atoms with van der Waals surface area (Å²) >= 11 is 0. The maximum Gasteiger partial charge on any atom is 0.153 e. The summed E-state index contributed by atoms with van der Waals surface area (Å²) in [6, 6.07) is 10.0. The molecule has 0 unspecified atom stereocenters. The average molecular weight is 266 g/mol. The Morgan fingerprint density at radius 3 is 2.95 bits per heavy atom. The van der Waals surface area contributed by atoms with Gasteiger partial charge in [-0.25, -0.2) is 0 Å². The van der Waals surface area contributed by atoms with Crippen molar-refractivity contribution < 1.29 is 9.21 Å². The van der Waals surface area contributed by atoms with Gasteiger partial charge in [0.2, 0.25) is 0 Å². The minimum absolute atomic E-state index is 0.569. The van der Waals surface area contributed by atoms with E-state index >= 15 is 0 Å². The van der Waals surface area contributed by atoms with E-state index in [1.807, 2.05) is 12.1 Å². The molecular weight excluding hydrogens is 252 g/mol. The molecule has 4 nitrogen and oxygen atoms in total. The molecule has 20 heavy (non-hydrogen) atoms. The number of aldehydes is 1. The molecule has 1 aromatic carbocycles. The number of carbonyl (C=O) groups is 1. The molecule has 0 aliphatic rings. The Hall–Kier alpha value is -2.62. The largest absolute Gasteiger partial charge is 0.472 e. The number of aromatic nitrogens is 2. The first-order valence-electron chi connectivity index (χ1n) is 6.37. The predicted octanol–water partition coefficient (Wildman–Crippen LogP) is 3.31. The van der Waals surface area contributed by atoms with E-state index in [4.69, 9.17) is 4.42 Å². The molecule has 3 rings (SSSR count). The van der Waals surface area contributed by atoms with Crippen molar-refractivity contribution in [1.82, 2.24) is 9.78 Å². The fourth-order valence-electron chi connectivity index (χ4n) is 2.23. The topological polar surface area (TPSA) is 48.0 Å². The molecule has 0 saturated heterocycles. The van der Waals surface area contributed by atoms with Gasteiger partial charge < -0.3 is 4.42 Å². The molecule has 0 amide bonds. The van der Waals surface area contributed by atoms with Crippen molar-refractivity contribution in [2.75, 3.05) is 0 Å². The van der Waals surface area contributed by atoms with Crippen LogP contribution in [0, 0.1) is 6.92 Å². The molecule has 0 aliphatic carbocycles. The minimum Gasteiger partial charge on any atom is -0.472 e. The first-order chi connectivity index (χ1) is 9.76. The molecule has 4 heteroatoms. The van der Waals surface area contributed by atoms with E-state index in [2.05, 4.69) is 24.2 Å². The highest BCUT2D eigenvalue weighted by atomic mass is 16.3. The van der Waals surface area contributed by atoms with Crippen LogP contribution >= 0.6 is 0 Å². The molecule has 0 N–H and O–H groups in total. The summed E-state index contributed by atoms with van der Waals surface area (Å²) in [7, 11) is 0. The first kappa shape index (κ1) is 12.4. The third-order valence-electron chi connectivity index (χ3n) is 3.14. The van der Waals surface area contributed by atoms with Crippen molar-refractivity contribution in [3.63, 3.8) is 0 Å². The van der Waals surface area contributed by atoms with Crippen molar-refractivity contribution in [2.24, 2.45) is 0 Å². The van der Waals surface area contributed by atoms with Gasteiger partial charge in [0.1, 0.15) is 5.69 Å². The number of carbonyl (C=O) groups excluding carboxylic acids is 1. The lowest BCUT2D eigenvalue weighted by Crippen LogP contribution is -2.00. The standard InChI is InChI=1S/C16H14N2O2/c1-12-3-2-4-13(7-12)8-18-9-15(10-19)16(17-18)14-5-6-20-11-14/h2-7,9-11H,8H2,1H3. The van der Waals surface area contributed by atoms with E-state index in [0.717, 1.165) is 17.4 Å². The fourth-order valence-corrected chi connectivity index (χ4v) is 2.23. The second kappa shape index (κ2) is 5.17. The number of nitrogens with zero attached hydrogens (tertiary/aromatic N) is 2. The molecule has 100 valence electrons. The summed E-state index contributed by atoms with van der Waals surface area (Å²) in [4.78, 5) is 11.2. The van der Waals surface area contributed by atoms with E-state index in [0.29, 0.717) is 17.8 Å². The molecule has 2 heterocycles. The van der Waals surface area contributed by atoms with Gasteiger partial charge in [-0.05, 0) is 18.6 Å². The van der Waals surface area contributed by atoms with Crippen LogP contribution in [0.15, 0.2) is 53.5 Å². The SMILES string of the molecule is Cc1cccc(Cn2cc(C=O)c(-c3ccoc3)n2)c1. The monoisotopic (exact) mass is 266 g/mol. The van der Waals surface area contributed by atoms with Crippen molar-refractivity contribution >= 4 is 6.29 Å². The Balaban J connectivity index is 1.93. The Kier molecular flexibility index (Phi) is 3.21. The van der Waals surface area contributed by atoms with Gasteiger partial charge in [0.05, 0.1) is 24.6 Å². The minimum atomic E-state index is 0.569. The molecule has 0 bridgehead atoms. The lowest BCUT2D eigenvalue weighted by molar-refractivity contribution is 0.112. The number of furan rings is 1. The van der Waals surface area contributed by atoms with Crippen LogP contribution in [0.5, 0.6) is 0 Å². The highest BCUT2D eigenvalue weighted by molar-refractivity contribution is 5.85. The summed E-state index contributed by atoms with van der Waals surface area (Å²) in [5.41, 5.74) is 4.40. The Labute approximate surface area is 116 Å². The van der Waals surface area contributed by atoms with Gasteiger partial charge in [-0.1, -0.05) is 29.8 Å². The van der Waals surface area contributed by atoms with Crippen LogP contribution in [0.1, 0.15) is 21.5 Å². The Morgan fingerprint density at radius 2 is 2.25 bits per heavy atom. The van der Waals surface area contributed by atoms with Crippen LogP contribution in [0.2, 0.25) is 0 Å². The van der Waals surface area contributed by atoms with Crippen LogP contribution in [0.3, 0.4) is 0 Å². The van der Waals surface area contributed by atoms with Gasteiger partial charge in [-0.15, -0.1) is 0 Å². The van der Waals surface area contributed by atoms with Crippen LogP contribution in [0.25, 0.3) is 11.3 Å². The number of rotatable bonds is 4. The molecule has 0 spiro atoms. The van der Waals surface area contributed by atoms with Crippen molar-refractivity contribution in [3.8, 4) is 11.3 Å². The van der Waals surface area contributed by atoms with Crippen molar-refractivity contribution in [3.05, 3.63) is 65.7 Å². The zero-order valence-corrected chi connectivity index (χ0v) is 11.1. The number of hydrogen-bond acceptors (Lipinski definition) is 3. The van der Waals surface area contributed by atoms with E-state index in [-0.39, 0.29) is 0 Å². The third kappa shape index (κ3) is 2.40. The average Bonchev–Trinajstić information content (AvgIpc) is 3.06. The third-order valence-corrected chi connectivity index (χ3v) is 3.14. The molecule has 2 aromatic heterocycles. The highest BCUT2D eigenvalue weighted by Crippen LogP contribution is 2.21. The maximum atomic E-state index is 11.2. The van der Waals surface area contributed by atoms with Crippen LogP contribution in [-0.2, 0) is 6.54 Å². The zero-order valence-electron chi connectivity index (χ0n) is 11.1. The molecular formula is C16H14N2O2. The second-order valence-electron chi connectivity index (χ2n) is 4.75. The lowest BCUT2D eigenvalue weighted by atomic mass is 10.1.